The van der Waals surface area contributed by atoms with Crippen molar-refractivity contribution in [3.8, 4) is 0 Å². The number of amides is 2. The maximum atomic E-state index is 10.9. The maximum Gasteiger partial charge on any atom is 0.317 e. The molecule has 1 rings (SSSR count). The summed E-state index contributed by atoms with van der Waals surface area (Å²) < 4.78 is 0. The van der Waals surface area contributed by atoms with Crippen molar-refractivity contribution >= 4 is 17.6 Å². The molecule has 0 aliphatic carbocycles. The van der Waals surface area contributed by atoms with Gasteiger partial charge in [-0.05, 0) is 6.92 Å². The van der Waals surface area contributed by atoms with Crippen LogP contribution in [0.5, 0.6) is 0 Å². The van der Waals surface area contributed by atoms with Crippen LogP contribution in [0.25, 0.3) is 0 Å². The molecule has 2 amide bonds. The summed E-state index contributed by atoms with van der Waals surface area (Å²) in [5.74, 6) is 0.461. The summed E-state index contributed by atoms with van der Waals surface area (Å²) in [6, 6.07) is -0.0387. The summed E-state index contributed by atoms with van der Waals surface area (Å²) in [5, 5.41) is 2.78. The molecule has 0 aromatic carbocycles. The first-order valence-electron chi connectivity index (χ1n) is 3.17. The van der Waals surface area contributed by atoms with Crippen molar-refractivity contribution in [2.24, 2.45) is 0 Å². The van der Waals surface area contributed by atoms with Crippen LogP contribution in [0.4, 0.5) is 4.79 Å². The second kappa shape index (κ2) is 2.31. The molecule has 1 atom stereocenters. The van der Waals surface area contributed by atoms with Gasteiger partial charge >= 0.3 is 6.03 Å². The maximum absolute atomic E-state index is 10.9. The van der Waals surface area contributed by atoms with E-state index in [2.05, 4.69) is 5.32 Å². The van der Waals surface area contributed by atoms with Gasteiger partial charge < -0.3 is 10.2 Å². The van der Waals surface area contributed by atoms with E-state index in [9.17, 15) is 4.79 Å². The smallest absolute Gasteiger partial charge is 0.317 e. The van der Waals surface area contributed by atoms with E-state index in [0.29, 0.717) is 12.4 Å². The summed E-state index contributed by atoms with van der Waals surface area (Å²) >= 11 is 5.64. The van der Waals surface area contributed by atoms with Gasteiger partial charge in [-0.2, -0.15) is 0 Å². The predicted molar refractivity (Wildman–Crippen MR) is 40.3 cm³/mol. The number of hydrogen-bond donors (Lipinski definition) is 1. The zero-order valence-electron chi connectivity index (χ0n) is 6.15. The molecule has 3 nitrogen and oxygen atoms in total. The molecule has 0 radical (unpaired) electrons. The van der Waals surface area contributed by atoms with Gasteiger partial charge in [0.2, 0.25) is 0 Å². The third-order valence-electron chi connectivity index (χ3n) is 1.64. The quantitative estimate of drug-likeness (QED) is 0.564. The highest BCUT2D eigenvalue weighted by atomic mass is 35.5. The normalized spacial score (nSPS) is 32.7. The van der Waals surface area contributed by atoms with E-state index in [1.807, 2.05) is 6.92 Å². The van der Waals surface area contributed by atoms with E-state index < -0.39 is 0 Å². The molecule has 10 heavy (non-hydrogen) atoms. The minimum Gasteiger partial charge on any atom is -0.330 e. The Morgan fingerprint density at radius 3 is 2.70 bits per heavy atom. The lowest BCUT2D eigenvalue weighted by Gasteiger charge is -2.18. The second-order valence-corrected chi connectivity index (χ2v) is 3.25. The highest BCUT2D eigenvalue weighted by Crippen LogP contribution is 2.14. The predicted octanol–water partition coefficient (Wildman–Crippen LogP) is 0.639. The highest BCUT2D eigenvalue weighted by Gasteiger charge is 2.35. The average molecular weight is 163 g/mol. The number of nitrogens with zero attached hydrogens (tertiary/aromatic N) is 1. The Morgan fingerprint density at radius 1 is 1.90 bits per heavy atom. The number of rotatable bonds is 1. The fraction of sp³-hybridized carbons (Fsp3) is 0.833. The van der Waals surface area contributed by atoms with Crippen molar-refractivity contribution in [1.29, 1.82) is 0 Å². The van der Waals surface area contributed by atoms with E-state index in [1.165, 1.54) is 0 Å². The summed E-state index contributed by atoms with van der Waals surface area (Å²) in [5.41, 5.74) is -0.229. The topological polar surface area (TPSA) is 32.3 Å². The van der Waals surface area contributed by atoms with Gasteiger partial charge in [-0.25, -0.2) is 4.79 Å². The molecule has 0 unspecified atom stereocenters. The van der Waals surface area contributed by atoms with E-state index >= 15 is 0 Å². The van der Waals surface area contributed by atoms with Crippen LogP contribution in [0.2, 0.25) is 0 Å². The minimum absolute atomic E-state index is 0.0387. The first kappa shape index (κ1) is 7.66. The van der Waals surface area contributed by atoms with Crippen molar-refractivity contribution in [2.75, 3.05) is 19.5 Å². The molecule has 0 bridgehead atoms. The standard InChI is InChI=1S/C6H11ClN2O/c1-6(3-7)4-9(2)5(10)8-6/h3-4H2,1-2H3,(H,8,10)/t6-/m0/s1. The Hall–Kier alpha value is -0.440. The Morgan fingerprint density at radius 2 is 2.50 bits per heavy atom. The van der Waals surface area contributed by atoms with Gasteiger partial charge in [-0.1, -0.05) is 0 Å². The average Bonchev–Trinajstić information content (AvgIpc) is 2.10. The molecule has 0 saturated carbocycles. The minimum atomic E-state index is -0.229. The van der Waals surface area contributed by atoms with Crippen molar-refractivity contribution < 1.29 is 4.79 Å². The van der Waals surface area contributed by atoms with Gasteiger partial charge in [-0.3, -0.25) is 0 Å². The lowest BCUT2D eigenvalue weighted by atomic mass is 10.1. The van der Waals surface area contributed by atoms with Gasteiger partial charge in [0.05, 0.1) is 5.54 Å². The van der Waals surface area contributed by atoms with Crippen molar-refractivity contribution in [3.63, 3.8) is 0 Å². The molecule has 0 aromatic heterocycles. The first-order chi connectivity index (χ1) is 4.57. The summed E-state index contributed by atoms with van der Waals surface area (Å²) in [6.07, 6.45) is 0. The summed E-state index contributed by atoms with van der Waals surface area (Å²) in [7, 11) is 1.76. The molecule has 58 valence electrons. The van der Waals surface area contributed by atoms with Crippen LogP contribution in [-0.4, -0.2) is 35.9 Å². The summed E-state index contributed by atoms with van der Waals surface area (Å²) in [4.78, 5) is 12.5. The van der Waals surface area contributed by atoms with Gasteiger partial charge in [0.25, 0.3) is 0 Å². The van der Waals surface area contributed by atoms with Gasteiger partial charge in [0.1, 0.15) is 0 Å². The Bertz CT molecular complexity index is 162. The third kappa shape index (κ3) is 1.19. The molecule has 1 fully saturated rings. The van der Waals surface area contributed by atoms with E-state index in [-0.39, 0.29) is 11.6 Å². The van der Waals surface area contributed by atoms with Crippen LogP contribution in [0.1, 0.15) is 6.92 Å². The molecular formula is C6H11ClN2O. The lowest BCUT2D eigenvalue weighted by Crippen LogP contribution is -2.41. The van der Waals surface area contributed by atoms with Crippen LogP contribution in [0, 0.1) is 0 Å². The number of halogens is 1. The van der Waals surface area contributed by atoms with Gasteiger partial charge in [0.15, 0.2) is 0 Å². The van der Waals surface area contributed by atoms with Crippen molar-refractivity contribution in [3.05, 3.63) is 0 Å². The number of hydrogen-bond acceptors (Lipinski definition) is 1. The van der Waals surface area contributed by atoms with E-state index in [4.69, 9.17) is 11.6 Å². The molecule has 4 heteroatoms. The van der Waals surface area contributed by atoms with Crippen LogP contribution in [0.3, 0.4) is 0 Å². The number of urea groups is 1. The molecule has 1 aliphatic heterocycles. The number of carbonyl (C=O) groups excluding carboxylic acids is 1. The second-order valence-electron chi connectivity index (χ2n) is 2.98. The zero-order chi connectivity index (χ0) is 7.78. The van der Waals surface area contributed by atoms with Crippen molar-refractivity contribution in [2.45, 2.75) is 12.5 Å². The van der Waals surface area contributed by atoms with Gasteiger partial charge in [-0.15, -0.1) is 11.6 Å². The SMILES string of the molecule is CN1C[C@](C)(CCl)NC1=O. The molecule has 1 aliphatic rings. The molecular weight excluding hydrogens is 152 g/mol. The summed E-state index contributed by atoms with van der Waals surface area (Å²) in [6.45, 7) is 2.62. The zero-order valence-corrected chi connectivity index (χ0v) is 6.90. The molecule has 1 heterocycles. The van der Waals surface area contributed by atoms with Crippen molar-refractivity contribution in [1.82, 2.24) is 10.2 Å². The highest BCUT2D eigenvalue weighted by molar-refractivity contribution is 6.19. The molecule has 0 spiro atoms. The fourth-order valence-electron chi connectivity index (χ4n) is 1.06. The monoisotopic (exact) mass is 162 g/mol. The van der Waals surface area contributed by atoms with Crippen LogP contribution < -0.4 is 5.32 Å². The lowest BCUT2D eigenvalue weighted by molar-refractivity contribution is 0.226. The van der Waals surface area contributed by atoms with Gasteiger partial charge in [0, 0.05) is 19.5 Å². The molecule has 0 aromatic rings. The first-order valence-corrected chi connectivity index (χ1v) is 3.70. The number of alkyl halides is 1. The van der Waals surface area contributed by atoms with Crippen LogP contribution in [0.15, 0.2) is 0 Å². The van der Waals surface area contributed by atoms with E-state index in [0.717, 1.165) is 0 Å². The number of likely N-dealkylation sites (N-methyl/N-ethyl adjacent to an activating group) is 1. The molecule has 1 saturated heterocycles. The fourth-order valence-corrected chi connectivity index (χ4v) is 1.22. The third-order valence-corrected chi connectivity index (χ3v) is 2.23. The Kier molecular flexibility index (Phi) is 1.77. The molecule has 1 N–H and O–H groups in total. The number of nitrogens with one attached hydrogen (secondary N) is 1. The van der Waals surface area contributed by atoms with E-state index in [1.54, 1.807) is 11.9 Å². The number of carbonyl (C=O) groups is 1. The Balaban J connectivity index is 2.64. The largest absolute Gasteiger partial charge is 0.330 e. The van der Waals surface area contributed by atoms with Crippen LogP contribution >= 0.6 is 11.6 Å². The van der Waals surface area contributed by atoms with Crippen LogP contribution in [-0.2, 0) is 0 Å². The Labute approximate surface area is 65.3 Å².